The van der Waals surface area contributed by atoms with Gasteiger partial charge in [0.05, 0.1) is 6.42 Å². The lowest BCUT2D eigenvalue weighted by atomic mass is 9.95. The Morgan fingerprint density at radius 3 is 2.80 bits per heavy atom. The summed E-state index contributed by atoms with van der Waals surface area (Å²) in [5.41, 5.74) is 0.906. The van der Waals surface area contributed by atoms with Crippen LogP contribution >= 0.6 is 15.9 Å². The first kappa shape index (κ1) is 10.6. The molecule has 15 heavy (non-hydrogen) atoms. The molecule has 0 amide bonds. The third-order valence-corrected chi connectivity index (χ3v) is 3.18. The van der Waals surface area contributed by atoms with E-state index in [-0.39, 0.29) is 12.3 Å². The van der Waals surface area contributed by atoms with Crippen LogP contribution in [0.4, 0.5) is 0 Å². The van der Waals surface area contributed by atoms with Crippen LogP contribution in [0.2, 0.25) is 0 Å². The summed E-state index contributed by atoms with van der Waals surface area (Å²) in [7, 11) is 0. The van der Waals surface area contributed by atoms with E-state index >= 15 is 0 Å². The standard InChI is InChI=1S/C11H12BrNO2/c12-8-3-4-10(13-6-8)9(5-11(14)15)7-1-2-7/h3-4,6-7,9H,1-2,5H2,(H,14,15). The van der Waals surface area contributed by atoms with Crippen molar-refractivity contribution in [3.63, 3.8) is 0 Å². The molecule has 1 saturated carbocycles. The SMILES string of the molecule is O=C(O)CC(c1ccc(Br)cn1)C1CC1. The van der Waals surface area contributed by atoms with Gasteiger partial charge in [-0.1, -0.05) is 0 Å². The van der Waals surface area contributed by atoms with Crippen LogP contribution in [0.3, 0.4) is 0 Å². The molecule has 1 N–H and O–H groups in total. The average Bonchev–Trinajstić information content (AvgIpc) is 2.99. The Bertz CT molecular complexity index is 359. The lowest BCUT2D eigenvalue weighted by molar-refractivity contribution is -0.137. The average molecular weight is 270 g/mol. The summed E-state index contributed by atoms with van der Waals surface area (Å²) in [6, 6.07) is 3.83. The van der Waals surface area contributed by atoms with E-state index in [0.29, 0.717) is 5.92 Å². The van der Waals surface area contributed by atoms with Crippen LogP contribution < -0.4 is 0 Å². The van der Waals surface area contributed by atoms with Crippen molar-refractivity contribution in [1.29, 1.82) is 0 Å². The molecule has 80 valence electrons. The minimum absolute atomic E-state index is 0.0931. The van der Waals surface area contributed by atoms with Crippen LogP contribution in [0.15, 0.2) is 22.8 Å². The van der Waals surface area contributed by atoms with Gasteiger partial charge in [0.2, 0.25) is 0 Å². The Morgan fingerprint density at radius 1 is 1.60 bits per heavy atom. The Labute approximate surface area is 96.7 Å². The molecule has 1 unspecified atom stereocenters. The molecule has 0 saturated heterocycles. The fraction of sp³-hybridized carbons (Fsp3) is 0.455. The van der Waals surface area contributed by atoms with Gasteiger partial charge in [-0.05, 0) is 46.8 Å². The van der Waals surface area contributed by atoms with Gasteiger partial charge in [-0.3, -0.25) is 9.78 Å². The van der Waals surface area contributed by atoms with E-state index in [2.05, 4.69) is 20.9 Å². The van der Waals surface area contributed by atoms with Crippen molar-refractivity contribution in [3.05, 3.63) is 28.5 Å². The molecule has 2 rings (SSSR count). The number of aliphatic carboxylic acids is 1. The van der Waals surface area contributed by atoms with Crippen molar-refractivity contribution >= 4 is 21.9 Å². The minimum Gasteiger partial charge on any atom is -0.481 e. The number of nitrogens with zero attached hydrogens (tertiary/aromatic N) is 1. The van der Waals surface area contributed by atoms with Crippen LogP contribution in [-0.2, 0) is 4.79 Å². The first-order chi connectivity index (χ1) is 7.16. The highest BCUT2D eigenvalue weighted by molar-refractivity contribution is 9.10. The van der Waals surface area contributed by atoms with Gasteiger partial charge >= 0.3 is 5.97 Å². The zero-order valence-electron chi connectivity index (χ0n) is 8.19. The van der Waals surface area contributed by atoms with Crippen LogP contribution in [0.5, 0.6) is 0 Å². The summed E-state index contributed by atoms with van der Waals surface area (Å²) in [6.07, 6.45) is 4.19. The molecule has 1 aromatic rings. The van der Waals surface area contributed by atoms with Crippen LogP contribution in [-0.4, -0.2) is 16.1 Å². The second kappa shape index (κ2) is 4.31. The van der Waals surface area contributed by atoms with Crippen LogP contribution in [0.1, 0.15) is 30.9 Å². The summed E-state index contributed by atoms with van der Waals surface area (Å²) in [6.45, 7) is 0. The molecule has 0 radical (unpaired) electrons. The largest absolute Gasteiger partial charge is 0.481 e. The van der Waals surface area contributed by atoms with E-state index in [1.54, 1.807) is 6.20 Å². The third kappa shape index (κ3) is 2.78. The highest BCUT2D eigenvalue weighted by Crippen LogP contribution is 2.43. The lowest BCUT2D eigenvalue weighted by Gasteiger charge is -2.12. The van der Waals surface area contributed by atoms with Crippen molar-refractivity contribution in [2.75, 3.05) is 0 Å². The third-order valence-electron chi connectivity index (χ3n) is 2.72. The number of rotatable bonds is 4. The normalized spacial score (nSPS) is 17.4. The number of carboxylic acid groups (broad SMARTS) is 1. The second-order valence-electron chi connectivity index (χ2n) is 3.94. The quantitative estimate of drug-likeness (QED) is 0.915. The molecule has 1 fully saturated rings. The molecule has 1 heterocycles. The van der Waals surface area contributed by atoms with Crippen molar-refractivity contribution in [3.8, 4) is 0 Å². The minimum atomic E-state index is -0.739. The van der Waals surface area contributed by atoms with E-state index in [4.69, 9.17) is 5.11 Å². The summed E-state index contributed by atoms with van der Waals surface area (Å²) < 4.78 is 0.927. The molecule has 3 nitrogen and oxygen atoms in total. The fourth-order valence-electron chi connectivity index (χ4n) is 1.81. The number of halogens is 1. The molecular formula is C11H12BrNO2. The molecule has 0 aliphatic heterocycles. The number of aromatic nitrogens is 1. The van der Waals surface area contributed by atoms with Gasteiger partial charge in [0, 0.05) is 22.3 Å². The van der Waals surface area contributed by atoms with Crippen molar-refractivity contribution in [1.82, 2.24) is 4.98 Å². The summed E-state index contributed by atoms with van der Waals surface area (Å²) in [5.74, 6) is -0.123. The van der Waals surface area contributed by atoms with Gasteiger partial charge in [0.15, 0.2) is 0 Å². The monoisotopic (exact) mass is 269 g/mol. The number of pyridine rings is 1. The van der Waals surface area contributed by atoms with E-state index < -0.39 is 5.97 Å². The predicted octanol–water partition coefficient (Wildman–Crippen LogP) is 2.81. The van der Waals surface area contributed by atoms with Crippen molar-refractivity contribution in [2.45, 2.75) is 25.2 Å². The Morgan fingerprint density at radius 2 is 2.33 bits per heavy atom. The maximum Gasteiger partial charge on any atom is 0.304 e. The smallest absolute Gasteiger partial charge is 0.304 e. The van der Waals surface area contributed by atoms with Gasteiger partial charge < -0.3 is 5.11 Å². The van der Waals surface area contributed by atoms with Crippen LogP contribution in [0, 0.1) is 5.92 Å². The zero-order valence-corrected chi connectivity index (χ0v) is 9.77. The Balaban J connectivity index is 2.16. The van der Waals surface area contributed by atoms with Gasteiger partial charge in [-0.25, -0.2) is 0 Å². The summed E-state index contributed by atoms with van der Waals surface area (Å²) in [5, 5.41) is 8.84. The maximum atomic E-state index is 10.7. The Kier molecular flexibility index (Phi) is 3.05. The molecule has 4 heteroatoms. The van der Waals surface area contributed by atoms with Gasteiger partial charge in [-0.2, -0.15) is 0 Å². The number of carbonyl (C=O) groups is 1. The highest BCUT2D eigenvalue weighted by Gasteiger charge is 2.34. The number of carboxylic acids is 1. The van der Waals surface area contributed by atoms with Crippen LogP contribution in [0.25, 0.3) is 0 Å². The molecule has 0 spiro atoms. The van der Waals surface area contributed by atoms with E-state index in [0.717, 1.165) is 23.0 Å². The number of hydrogen-bond donors (Lipinski definition) is 1. The molecule has 0 aromatic carbocycles. The lowest BCUT2D eigenvalue weighted by Crippen LogP contribution is -2.09. The predicted molar refractivity (Wildman–Crippen MR) is 59.7 cm³/mol. The molecule has 1 atom stereocenters. The number of hydrogen-bond acceptors (Lipinski definition) is 2. The first-order valence-corrected chi connectivity index (χ1v) is 5.79. The molecule has 1 aliphatic carbocycles. The van der Waals surface area contributed by atoms with Gasteiger partial charge in [-0.15, -0.1) is 0 Å². The fourth-order valence-corrected chi connectivity index (χ4v) is 2.04. The molecular weight excluding hydrogens is 258 g/mol. The van der Waals surface area contributed by atoms with Crippen molar-refractivity contribution in [2.24, 2.45) is 5.92 Å². The van der Waals surface area contributed by atoms with E-state index in [1.807, 2.05) is 12.1 Å². The molecule has 1 aliphatic rings. The maximum absolute atomic E-state index is 10.7. The molecule has 0 bridgehead atoms. The highest BCUT2D eigenvalue weighted by atomic mass is 79.9. The Hall–Kier alpha value is -0.900. The molecule has 1 aromatic heterocycles. The van der Waals surface area contributed by atoms with Crippen molar-refractivity contribution < 1.29 is 9.90 Å². The van der Waals surface area contributed by atoms with Gasteiger partial charge in [0.25, 0.3) is 0 Å². The second-order valence-corrected chi connectivity index (χ2v) is 4.86. The van der Waals surface area contributed by atoms with E-state index in [1.165, 1.54) is 0 Å². The first-order valence-electron chi connectivity index (χ1n) is 5.00. The summed E-state index contributed by atoms with van der Waals surface area (Å²) >= 11 is 3.32. The zero-order chi connectivity index (χ0) is 10.8. The topological polar surface area (TPSA) is 50.2 Å². The summed E-state index contributed by atoms with van der Waals surface area (Å²) in [4.78, 5) is 15.0. The van der Waals surface area contributed by atoms with Gasteiger partial charge in [0.1, 0.15) is 0 Å². The van der Waals surface area contributed by atoms with E-state index in [9.17, 15) is 4.79 Å².